The van der Waals surface area contributed by atoms with E-state index in [1.165, 1.54) is 10.9 Å². The van der Waals surface area contributed by atoms with Crippen LogP contribution < -0.4 is 10.6 Å². The van der Waals surface area contributed by atoms with Crippen molar-refractivity contribution in [3.63, 3.8) is 0 Å². The van der Waals surface area contributed by atoms with Gasteiger partial charge in [0, 0.05) is 47.3 Å². The molecule has 0 aliphatic carbocycles. The SMILES string of the molecule is c1cc(-c2cnc3c(n2)Nc2cc4cc[nH]c4cc2CN3)ccn1. The molecular weight excluding hydrogens is 300 g/mol. The maximum Gasteiger partial charge on any atom is 0.174 e. The fourth-order valence-corrected chi connectivity index (χ4v) is 2.98. The first-order chi connectivity index (χ1) is 11.9. The van der Waals surface area contributed by atoms with Crippen LogP contribution in [0.4, 0.5) is 17.3 Å². The minimum Gasteiger partial charge on any atom is -0.363 e. The van der Waals surface area contributed by atoms with Crippen molar-refractivity contribution in [3.05, 3.63) is 60.7 Å². The molecular formula is C18H14N6. The molecule has 0 atom stereocenters. The Bertz CT molecular complexity index is 1040. The zero-order valence-electron chi connectivity index (χ0n) is 12.7. The number of pyridine rings is 1. The third-order valence-corrected chi connectivity index (χ3v) is 4.23. The number of nitrogens with one attached hydrogen (secondary N) is 3. The average Bonchev–Trinajstić information content (AvgIpc) is 3.00. The summed E-state index contributed by atoms with van der Waals surface area (Å²) in [6.45, 7) is 0.702. The van der Waals surface area contributed by atoms with Crippen molar-refractivity contribution in [2.75, 3.05) is 10.6 Å². The number of H-pyrrole nitrogens is 1. The van der Waals surface area contributed by atoms with Crippen molar-refractivity contribution in [1.82, 2.24) is 19.9 Å². The highest BCUT2D eigenvalue weighted by Crippen LogP contribution is 2.33. The Morgan fingerprint density at radius 2 is 1.92 bits per heavy atom. The smallest absolute Gasteiger partial charge is 0.174 e. The van der Waals surface area contributed by atoms with Crippen LogP contribution in [0.3, 0.4) is 0 Å². The van der Waals surface area contributed by atoms with Crippen molar-refractivity contribution in [1.29, 1.82) is 0 Å². The van der Waals surface area contributed by atoms with E-state index in [0.29, 0.717) is 6.54 Å². The largest absolute Gasteiger partial charge is 0.363 e. The third-order valence-electron chi connectivity index (χ3n) is 4.23. The Hall–Kier alpha value is -3.41. The first-order valence-corrected chi connectivity index (χ1v) is 7.75. The Labute approximate surface area is 138 Å². The number of benzene rings is 1. The Kier molecular flexibility index (Phi) is 2.75. The van der Waals surface area contributed by atoms with E-state index in [0.717, 1.165) is 34.1 Å². The number of nitrogens with zero attached hydrogens (tertiary/aromatic N) is 3. The van der Waals surface area contributed by atoms with E-state index in [2.05, 4.69) is 43.8 Å². The molecule has 1 aliphatic heterocycles. The van der Waals surface area contributed by atoms with Crippen LogP contribution in [0.2, 0.25) is 0 Å². The quantitative estimate of drug-likeness (QED) is 0.499. The summed E-state index contributed by atoms with van der Waals surface area (Å²) in [4.78, 5) is 16.6. The summed E-state index contributed by atoms with van der Waals surface area (Å²) < 4.78 is 0. The number of fused-ring (bicyclic) bond motifs is 3. The van der Waals surface area contributed by atoms with E-state index in [-0.39, 0.29) is 0 Å². The van der Waals surface area contributed by atoms with Crippen molar-refractivity contribution < 1.29 is 0 Å². The van der Waals surface area contributed by atoms with Gasteiger partial charge < -0.3 is 15.6 Å². The van der Waals surface area contributed by atoms with Crippen LogP contribution in [0.15, 0.2) is 55.1 Å². The van der Waals surface area contributed by atoms with Crippen LogP contribution in [0.5, 0.6) is 0 Å². The van der Waals surface area contributed by atoms with Gasteiger partial charge in [0.25, 0.3) is 0 Å². The van der Waals surface area contributed by atoms with E-state index in [1.807, 2.05) is 18.3 Å². The number of aromatic nitrogens is 4. The zero-order valence-corrected chi connectivity index (χ0v) is 12.7. The van der Waals surface area contributed by atoms with Gasteiger partial charge in [-0.25, -0.2) is 9.97 Å². The normalized spacial score (nSPS) is 12.7. The lowest BCUT2D eigenvalue weighted by atomic mass is 10.1. The van der Waals surface area contributed by atoms with Gasteiger partial charge >= 0.3 is 0 Å². The lowest BCUT2D eigenvalue weighted by molar-refractivity contribution is 1.12. The van der Waals surface area contributed by atoms with Gasteiger partial charge in [0.1, 0.15) is 0 Å². The van der Waals surface area contributed by atoms with Crippen molar-refractivity contribution >= 4 is 28.2 Å². The van der Waals surface area contributed by atoms with Crippen molar-refractivity contribution in [2.24, 2.45) is 0 Å². The maximum absolute atomic E-state index is 4.74. The van der Waals surface area contributed by atoms with Gasteiger partial charge in [-0.15, -0.1) is 0 Å². The minimum absolute atomic E-state index is 0.702. The number of hydrogen-bond donors (Lipinski definition) is 3. The number of hydrogen-bond acceptors (Lipinski definition) is 5. The maximum atomic E-state index is 4.74. The first kappa shape index (κ1) is 13.1. The molecule has 0 saturated heterocycles. The summed E-state index contributed by atoms with van der Waals surface area (Å²) in [7, 11) is 0. The second-order valence-corrected chi connectivity index (χ2v) is 5.74. The molecule has 0 saturated carbocycles. The molecule has 4 heterocycles. The molecule has 6 nitrogen and oxygen atoms in total. The lowest BCUT2D eigenvalue weighted by Crippen LogP contribution is -2.01. The fourth-order valence-electron chi connectivity index (χ4n) is 2.98. The van der Waals surface area contributed by atoms with Crippen LogP contribution in [0.25, 0.3) is 22.2 Å². The van der Waals surface area contributed by atoms with Gasteiger partial charge in [-0.1, -0.05) is 0 Å². The molecule has 24 heavy (non-hydrogen) atoms. The lowest BCUT2D eigenvalue weighted by Gasteiger charge is -2.09. The predicted octanol–water partition coefficient (Wildman–Crippen LogP) is 3.69. The van der Waals surface area contributed by atoms with Crippen LogP contribution in [0, 0.1) is 0 Å². The highest BCUT2D eigenvalue weighted by atomic mass is 15.1. The molecule has 0 amide bonds. The second-order valence-electron chi connectivity index (χ2n) is 5.74. The zero-order chi connectivity index (χ0) is 15.9. The summed E-state index contributed by atoms with van der Waals surface area (Å²) in [5.74, 6) is 1.49. The van der Waals surface area contributed by atoms with E-state index < -0.39 is 0 Å². The summed E-state index contributed by atoms with van der Waals surface area (Å²) in [5, 5.41) is 7.95. The highest BCUT2D eigenvalue weighted by Gasteiger charge is 2.16. The third kappa shape index (κ3) is 2.08. The molecule has 5 rings (SSSR count). The minimum atomic E-state index is 0.702. The van der Waals surface area contributed by atoms with E-state index in [4.69, 9.17) is 4.98 Å². The Morgan fingerprint density at radius 3 is 2.83 bits per heavy atom. The van der Waals surface area contributed by atoms with E-state index >= 15 is 0 Å². The van der Waals surface area contributed by atoms with Gasteiger partial charge in [-0.3, -0.25) is 4.98 Å². The van der Waals surface area contributed by atoms with Gasteiger partial charge in [0.2, 0.25) is 0 Å². The summed E-state index contributed by atoms with van der Waals surface area (Å²) in [6, 6.07) is 10.2. The van der Waals surface area contributed by atoms with E-state index in [9.17, 15) is 0 Å². The first-order valence-electron chi connectivity index (χ1n) is 7.75. The molecule has 0 spiro atoms. The molecule has 116 valence electrons. The molecule has 1 aliphatic rings. The van der Waals surface area contributed by atoms with Crippen molar-refractivity contribution in [2.45, 2.75) is 6.54 Å². The van der Waals surface area contributed by atoms with Gasteiger partial charge in [-0.05, 0) is 35.9 Å². The van der Waals surface area contributed by atoms with Crippen LogP contribution in [0.1, 0.15) is 5.56 Å². The Morgan fingerprint density at radius 1 is 1.00 bits per heavy atom. The van der Waals surface area contributed by atoms with Gasteiger partial charge in [0.05, 0.1) is 11.9 Å². The van der Waals surface area contributed by atoms with Gasteiger partial charge in [0.15, 0.2) is 11.6 Å². The van der Waals surface area contributed by atoms with Crippen molar-refractivity contribution in [3.8, 4) is 11.3 Å². The summed E-state index contributed by atoms with van der Waals surface area (Å²) in [5.41, 5.74) is 5.16. The van der Waals surface area contributed by atoms with Crippen LogP contribution in [-0.2, 0) is 6.54 Å². The molecule has 3 aromatic heterocycles. The molecule has 0 bridgehead atoms. The summed E-state index contributed by atoms with van der Waals surface area (Å²) in [6.07, 6.45) is 7.24. The van der Waals surface area contributed by atoms with Gasteiger partial charge in [-0.2, -0.15) is 0 Å². The predicted molar refractivity (Wildman–Crippen MR) is 94.2 cm³/mol. The molecule has 4 aromatic rings. The standard InChI is InChI=1S/C18H14N6/c1-4-19-5-2-11(1)16-10-22-17-18(24-16)23-15-7-12-3-6-20-14(12)8-13(15)9-21-17/h1-8,10,20H,9H2,(H,21,22)(H,23,24). The number of anilines is 3. The van der Waals surface area contributed by atoms with E-state index in [1.54, 1.807) is 18.6 Å². The highest BCUT2D eigenvalue weighted by molar-refractivity contribution is 5.87. The molecule has 0 radical (unpaired) electrons. The summed E-state index contributed by atoms with van der Waals surface area (Å²) >= 11 is 0. The van der Waals surface area contributed by atoms with Crippen LogP contribution in [-0.4, -0.2) is 19.9 Å². The Balaban J connectivity index is 1.61. The average molecular weight is 314 g/mol. The molecule has 3 N–H and O–H groups in total. The molecule has 1 aromatic carbocycles. The monoisotopic (exact) mass is 314 g/mol. The number of rotatable bonds is 1. The molecule has 6 heteroatoms. The second kappa shape index (κ2) is 5.06. The molecule has 0 fully saturated rings. The topological polar surface area (TPSA) is 78.5 Å². The fraction of sp³-hybridized carbons (Fsp3) is 0.0556. The number of aromatic amines is 1. The molecule has 0 unspecified atom stereocenters. The van der Waals surface area contributed by atoms with Crippen LogP contribution >= 0.6 is 0 Å².